The molecule has 0 unspecified atom stereocenters. The van der Waals surface area contributed by atoms with Crippen molar-refractivity contribution in [3.8, 4) is 0 Å². The maximum Gasteiger partial charge on any atom is 0.308 e. The molecule has 2 aliphatic carbocycles. The van der Waals surface area contributed by atoms with Gasteiger partial charge in [0.05, 0.1) is 28.8 Å². The highest BCUT2D eigenvalue weighted by atomic mass is 16.6. The van der Waals surface area contributed by atoms with Gasteiger partial charge in [-0.25, -0.2) is 15.0 Å². The Morgan fingerprint density at radius 3 is 2.48 bits per heavy atom. The van der Waals surface area contributed by atoms with E-state index in [1.165, 1.54) is 6.33 Å². The third-order valence-electron chi connectivity index (χ3n) is 8.69. The lowest BCUT2D eigenvalue weighted by Gasteiger charge is -2.43. The van der Waals surface area contributed by atoms with Crippen LogP contribution in [0.15, 0.2) is 61.1 Å². The summed E-state index contributed by atoms with van der Waals surface area (Å²) < 4.78 is 14.5. The van der Waals surface area contributed by atoms with Gasteiger partial charge < -0.3 is 25.5 Å². The molecule has 4 aromatic rings. The van der Waals surface area contributed by atoms with E-state index in [4.69, 9.17) is 20.9 Å². The van der Waals surface area contributed by atoms with E-state index in [1.807, 2.05) is 29.0 Å². The topological polar surface area (TPSA) is 148 Å². The van der Waals surface area contributed by atoms with Crippen molar-refractivity contribution in [2.75, 3.05) is 11.5 Å². The summed E-state index contributed by atoms with van der Waals surface area (Å²) in [6.07, 6.45) is 7.57. The summed E-state index contributed by atoms with van der Waals surface area (Å²) in [6, 6.07) is 11.4. The zero-order valence-electron chi connectivity index (χ0n) is 24.2. The molecule has 0 saturated heterocycles. The molecule has 3 aromatic heterocycles. The van der Waals surface area contributed by atoms with Gasteiger partial charge in [0.1, 0.15) is 23.6 Å². The molecule has 2 aliphatic rings. The molecule has 10 nitrogen and oxygen atoms in total. The van der Waals surface area contributed by atoms with Gasteiger partial charge in [-0.15, -0.1) is 0 Å². The van der Waals surface area contributed by atoms with Crippen molar-refractivity contribution < 1.29 is 19.1 Å². The predicted octanol–water partition coefficient (Wildman–Crippen LogP) is 4.64. The first-order valence-electron chi connectivity index (χ1n) is 14.4. The Kier molecular flexibility index (Phi) is 6.87. The Balaban J connectivity index is 1.42. The standard InChI is InChI=1S/C32H36N6O4/c1-17(2)30(39)41-26-25(38-14-11-21-28(34)35-16-36-29(21)38)22-10-13-32(22,27(26)42-31(40)18(3)4)12-9-19-5-7-23-20(15-19)6-8-24(33)37-23/h5-8,10-11,13-18,22,25-27H,9,12H2,1-4H3,(H2,33,37)(H2,34,35,36)/t22-,25-,26+,27+,32-/m1/s1. The zero-order valence-corrected chi connectivity index (χ0v) is 24.2. The number of ether oxygens (including phenoxy) is 2. The summed E-state index contributed by atoms with van der Waals surface area (Å²) in [6.45, 7) is 7.20. The fourth-order valence-electron chi connectivity index (χ4n) is 6.36. The van der Waals surface area contributed by atoms with E-state index in [1.54, 1.807) is 33.8 Å². The highest BCUT2D eigenvalue weighted by Crippen LogP contribution is 2.61. The van der Waals surface area contributed by atoms with Crippen LogP contribution in [0.1, 0.15) is 45.7 Å². The summed E-state index contributed by atoms with van der Waals surface area (Å²) in [4.78, 5) is 39.3. The number of carbonyl (C=O) groups excluding carboxylic acids is 2. The van der Waals surface area contributed by atoms with Crippen LogP contribution in [0.2, 0.25) is 0 Å². The van der Waals surface area contributed by atoms with Crippen molar-refractivity contribution in [1.82, 2.24) is 19.5 Å². The van der Waals surface area contributed by atoms with Gasteiger partial charge in [-0.05, 0) is 48.7 Å². The van der Waals surface area contributed by atoms with E-state index in [9.17, 15) is 9.59 Å². The molecule has 218 valence electrons. The number of nitrogen functional groups attached to an aromatic ring is 2. The molecule has 1 saturated carbocycles. The summed E-state index contributed by atoms with van der Waals surface area (Å²) in [7, 11) is 0. The Labute approximate surface area is 244 Å². The molecule has 0 amide bonds. The SMILES string of the molecule is CC(C)C(=O)O[C@H]1[C@H](n2ccc3c(N)ncnc32)[C@H]2C=C[C@@]2(CCc2ccc3nc(N)ccc3c2)[C@H]1OC(=O)C(C)C. The van der Waals surface area contributed by atoms with E-state index >= 15 is 0 Å². The van der Waals surface area contributed by atoms with Crippen LogP contribution < -0.4 is 11.5 Å². The minimum absolute atomic E-state index is 0.0823. The van der Waals surface area contributed by atoms with E-state index in [0.29, 0.717) is 29.1 Å². The molecule has 42 heavy (non-hydrogen) atoms. The number of carbonyl (C=O) groups is 2. The lowest BCUT2D eigenvalue weighted by atomic mass is 9.64. The van der Waals surface area contributed by atoms with Crippen molar-refractivity contribution in [3.05, 3.63) is 66.6 Å². The second-order valence-corrected chi connectivity index (χ2v) is 12.0. The number of allylic oxidation sites excluding steroid dienone is 1. The number of fused-ring (bicyclic) bond motifs is 3. The maximum absolute atomic E-state index is 13.1. The van der Waals surface area contributed by atoms with Gasteiger partial charge in [-0.2, -0.15) is 0 Å². The summed E-state index contributed by atoms with van der Waals surface area (Å²) in [5.41, 5.74) is 14.1. The fraction of sp³-hybridized carbons (Fsp3) is 0.406. The van der Waals surface area contributed by atoms with Gasteiger partial charge in [0.15, 0.2) is 12.2 Å². The molecule has 0 aliphatic heterocycles. The van der Waals surface area contributed by atoms with E-state index < -0.39 is 17.6 Å². The molecule has 1 aromatic carbocycles. The van der Waals surface area contributed by atoms with Gasteiger partial charge in [0, 0.05) is 22.9 Å². The Hall–Kier alpha value is -4.47. The largest absolute Gasteiger partial charge is 0.457 e. The maximum atomic E-state index is 13.1. The molecule has 5 atom stereocenters. The molecule has 0 spiro atoms. The van der Waals surface area contributed by atoms with Crippen molar-refractivity contribution in [2.24, 2.45) is 23.2 Å². The monoisotopic (exact) mass is 568 g/mol. The molecule has 10 heteroatoms. The van der Waals surface area contributed by atoms with Gasteiger partial charge in [-0.1, -0.05) is 45.9 Å². The predicted molar refractivity (Wildman–Crippen MR) is 160 cm³/mol. The first-order chi connectivity index (χ1) is 20.1. The number of nitrogens with two attached hydrogens (primary N) is 2. The van der Waals surface area contributed by atoms with Crippen LogP contribution in [-0.2, 0) is 25.5 Å². The van der Waals surface area contributed by atoms with Crippen LogP contribution in [0, 0.1) is 23.2 Å². The number of benzene rings is 1. The van der Waals surface area contributed by atoms with Crippen molar-refractivity contribution in [1.29, 1.82) is 0 Å². The summed E-state index contributed by atoms with van der Waals surface area (Å²) in [5.74, 6) is -0.601. The number of esters is 2. The number of aryl methyl sites for hydroxylation is 1. The lowest BCUT2D eigenvalue weighted by molar-refractivity contribution is -0.176. The smallest absolute Gasteiger partial charge is 0.308 e. The van der Waals surface area contributed by atoms with Crippen molar-refractivity contribution >= 4 is 45.5 Å². The fourth-order valence-corrected chi connectivity index (χ4v) is 6.36. The third-order valence-corrected chi connectivity index (χ3v) is 8.69. The first-order valence-corrected chi connectivity index (χ1v) is 14.4. The number of hydrogen-bond acceptors (Lipinski definition) is 9. The van der Waals surface area contributed by atoms with Crippen LogP contribution in [0.3, 0.4) is 0 Å². The number of anilines is 2. The average Bonchev–Trinajstić information content (AvgIpc) is 3.44. The van der Waals surface area contributed by atoms with E-state index in [2.05, 4.69) is 39.2 Å². The van der Waals surface area contributed by atoms with E-state index in [0.717, 1.165) is 22.9 Å². The minimum atomic E-state index is -0.738. The second kappa shape index (κ2) is 10.4. The van der Waals surface area contributed by atoms with Gasteiger partial charge in [-0.3, -0.25) is 9.59 Å². The molecule has 4 N–H and O–H groups in total. The Bertz CT molecular complexity index is 1710. The highest BCUT2D eigenvalue weighted by Gasteiger charge is 2.65. The number of pyridine rings is 1. The second-order valence-electron chi connectivity index (χ2n) is 12.0. The minimum Gasteiger partial charge on any atom is -0.457 e. The zero-order chi connectivity index (χ0) is 29.8. The van der Waals surface area contributed by atoms with Gasteiger partial charge in [0.2, 0.25) is 0 Å². The summed E-state index contributed by atoms with van der Waals surface area (Å²) >= 11 is 0. The molecule has 6 rings (SSSR count). The Morgan fingerprint density at radius 2 is 1.76 bits per heavy atom. The van der Waals surface area contributed by atoms with Crippen LogP contribution in [0.5, 0.6) is 0 Å². The summed E-state index contributed by atoms with van der Waals surface area (Å²) in [5, 5.41) is 1.72. The van der Waals surface area contributed by atoms with Crippen LogP contribution in [-0.4, -0.2) is 43.7 Å². The molecule has 0 bridgehead atoms. The van der Waals surface area contributed by atoms with E-state index in [-0.39, 0.29) is 35.7 Å². The number of hydrogen-bond donors (Lipinski definition) is 2. The van der Waals surface area contributed by atoms with Gasteiger partial charge in [0.25, 0.3) is 0 Å². The Morgan fingerprint density at radius 1 is 1.00 bits per heavy atom. The molecular formula is C32H36N6O4. The highest BCUT2D eigenvalue weighted by molar-refractivity contribution is 5.86. The molecular weight excluding hydrogens is 532 g/mol. The normalized spacial score (nSPS) is 24.7. The molecule has 0 radical (unpaired) electrons. The van der Waals surface area contributed by atoms with Crippen LogP contribution >= 0.6 is 0 Å². The van der Waals surface area contributed by atoms with Gasteiger partial charge >= 0.3 is 11.9 Å². The number of rotatable bonds is 8. The number of nitrogens with zero attached hydrogens (tertiary/aromatic N) is 4. The third kappa shape index (κ3) is 4.55. The van der Waals surface area contributed by atoms with Crippen LogP contribution in [0.4, 0.5) is 11.6 Å². The average molecular weight is 569 g/mol. The van der Waals surface area contributed by atoms with Crippen molar-refractivity contribution in [2.45, 2.75) is 58.8 Å². The van der Waals surface area contributed by atoms with Crippen LogP contribution in [0.25, 0.3) is 21.9 Å². The van der Waals surface area contributed by atoms with Crippen molar-refractivity contribution in [3.63, 3.8) is 0 Å². The molecule has 3 heterocycles. The lowest BCUT2D eigenvalue weighted by Crippen LogP contribution is -2.46. The first kappa shape index (κ1) is 27.7. The molecule has 1 fully saturated rings. The number of aromatic nitrogens is 4. The quantitative estimate of drug-likeness (QED) is 0.229.